The molecule has 4 rings (SSSR count). The molecule has 0 radical (unpaired) electrons. The van der Waals surface area contributed by atoms with Crippen molar-refractivity contribution in [1.29, 1.82) is 0 Å². The molecule has 29 heavy (non-hydrogen) atoms. The third-order valence-corrected chi connectivity index (χ3v) is 5.31. The number of Topliss-reactive ketones (excluding diaryl/α,β-unsaturated/α-hetero) is 1. The van der Waals surface area contributed by atoms with Crippen molar-refractivity contribution in [2.75, 3.05) is 18.1 Å². The van der Waals surface area contributed by atoms with Gasteiger partial charge in [-0.3, -0.25) is 9.59 Å². The molecule has 1 saturated heterocycles. The standard InChI is InChI=1S/C23H22N2O4/c1-2-15-7-5-9-16-18(13-24-22(15)16)20(26)14-29-23(28)17-8-3-4-10-19(17)25-12-6-11-21(25)27/h3-5,7-10,13,24H,2,6,11-12,14H2,1H3. The lowest BCUT2D eigenvalue weighted by molar-refractivity contribution is -0.117. The number of nitrogens with one attached hydrogen (secondary N) is 1. The Labute approximate surface area is 168 Å². The molecule has 0 aliphatic carbocycles. The average Bonchev–Trinajstić information content (AvgIpc) is 3.37. The van der Waals surface area contributed by atoms with Gasteiger partial charge in [0.25, 0.3) is 0 Å². The number of H-pyrrole nitrogens is 1. The lowest BCUT2D eigenvalue weighted by Gasteiger charge is -2.18. The topological polar surface area (TPSA) is 79.5 Å². The lowest BCUT2D eigenvalue weighted by atomic mass is 10.1. The van der Waals surface area contributed by atoms with Crippen molar-refractivity contribution < 1.29 is 19.1 Å². The fraction of sp³-hybridized carbons (Fsp3) is 0.261. The Morgan fingerprint density at radius 1 is 1.10 bits per heavy atom. The Morgan fingerprint density at radius 2 is 1.93 bits per heavy atom. The molecule has 2 heterocycles. The number of ketones is 1. The Bertz CT molecular complexity index is 1100. The predicted molar refractivity (Wildman–Crippen MR) is 110 cm³/mol. The van der Waals surface area contributed by atoms with Gasteiger partial charge in [0.05, 0.1) is 11.3 Å². The molecule has 1 aliphatic rings. The molecule has 2 aromatic carbocycles. The SMILES string of the molecule is CCc1cccc2c(C(=O)COC(=O)c3ccccc3N3CCCC3=O)c[nH]c12. The number of carbonyl (C=O) groups is 3. The summed E-state index contributed by atoms with van der Waals surface area (Å²) >= 11 is 0. The van der Waals surface area contributed by atoms with Crippen molar-refractivity contribution in [3.05, 3.63) is 65.4 Å². The first-order valence-electron chi connectivity index (χ1n) is 9.79. The van der Waals surface area contributed by atoms with Crippen LogP contribution in [0.2, 0.25) is 0 Å². The molecule has 1 aliphatic heterocycles. The third kappa shape index (κ3) is 3.53. The number of aromatic nitrogens is 1. The van der Waals surface area contributed by atoms with E-state index in [1.165, 1.54) is 0 Å². The zero-order valence-electron chi connectivity index (χ0n) is 16.2. The zero-order valence-corrected chi connectivity index (χ0v) is 16.2. The van der Waals surface area contributed by atoms with Crippen LogP contribution in [0.1, 0.15) is 46.0 Å². The first-order chi connectivity index (χ1) is 14.1. The van der Waals surface area contributed by atoms with Crippen LogP contribution in [0.3, 0.4) is 0 Å². The Hall–Kier alpha value is -3.41. The second-order valence-corrected chi connectivity index (χ2v) is 7.06. The number of benzene rings is 2. The normalized spacial score (nSPS) is 13.8. The number of rotatable bonds is 6. The van der Waals surface area contributed by atoms with Gasteiger partial charge in [-0.05, 0) is 30.5 Å². The van der Waals surface area contributed by atoms with E-state index in [9.17, 15) is 14.4 Å². The second-order valence-electron chi connectivity index (χ2n) is 7.06. The number of esters is 1. The molecule has 6 heteroatoms. The van der Waals surface area contributed by atoms with Crippen LogP contribution in [0.15, 0.2) is 48.7 Å². The van der Waals surface area contributed by atoms with Crippen molar-refractivity contribution in [3.63, 3.8) is 0 Å². The summed E-state index contributed by atoms with van der Waals surface area (Å²) in [5.74, 6) is -0.887. The van der Waals surface area contributed by atoms with Crippen LogP contribution in [0.5, 0.6) is 0 Å². The first kappa shape index (κ1) is 18.9. The molecule has 3 aromatic rings. The van der Waals surface area contributed by atoms with Crippen molar-refractivity contribution in [3.8, 4) is 0 Å². The molecule has 1 N–H and O–H groups in total. The fourth-order valence-electron chi connectivity index (χ4n) is 3.81. The maximum Gasteiger partial charge on any atom is 0.340 e. The molecule has 1 amide bonds. The van der Waals surface area contributed by atoms with Gasteiger partial charge in [-0.15, -0.1) is 0 Å². The Kier molecular flexibility index (Phi) is 5.16. The number of aryl methyl sites for hydroxylation is 1. The highest BCUT2D eigenvalue weighted by Gasteiger charge is 2.26. The molecule has 0 bridgehead atoms. The molecule has 148 valence electrons. The third-order valence-electron chi connectivity index (χ3n) is 5.31. The minimum Gasteiger partial charge on any atom is -0.454 e. The van der Waals surface area contributed by atoms with Crippen molar-refractivity contribution >= 4 is 34.3 Å². The van der Waals surface area contributed by atoms with Crippen LogP contribution >= 0.6 is 0 Å². The highest BCUT2D eigenvalue weighted by atomic mass is 16.5. The van der Waals surface area contributed by atoms with Crippen LogP contribution in [0, 0.1) is 0 Å². The summed E-state index contributed by atoms with van der Waals surface area (Å²) in [5.41, 5.74) is 3.39. The van der Waals surface area contributed by atoms with Gasteiger partial charge in [-0.25, -0.2) is 4.79 Å². The van der Waals surface area contributed by atoms with Gasteiger partial charge >= 0.3 is 5.97 Å². The smallest absolute Gasteiger partial charge is 0.340 e. The molecular weight excluding hydrogens is 368 g/mol. The van der Waals surface area contributed by atoms with E-state index in [2.05, 4.69) is 11.9 Å². The number of hydrogen-bond donors (Lipinski definition) is 1. The quantitative estimate of drug-likeness (QED) is 0.511. The van der Waals surface area contributed by atoms with Crippen LogP contribution in [-0.2, 0) is 16.0 Å². The summed E-state index contributed by atoms with van der Waals surface area (Å²) in [6.45, 7) is 2.28. The highest BCUT2D eigenvalue weighted by Crippen LogP contribution is 2.26. The number of anilines is 1. The predicted octanol–water partition coefficient (Wildman–Crippen LogP) is 3.90. The molecule has 6 nitrogen and oxygen atoms in total. The van der Waals surface area contributed by atoms with E-state index in [4.69, 9.17) is 4.74 Å². The lowest BCUT2D eigenvalue weighted by Crippen LogP contribution is -2.26. The van der Waals surface area contributed by atoms with E-state index < -0.39 is 5.97 Å². The van der Waals surface area contributed by atoms with E-state index in [1.54, 1.807) is 35.4 Å². The minimum absolute atomic E-state index is 0.00755. The van der Waals surface area contributed by atoms with Gasteiger partial charge in [0.15, 0.2) is 6.61 Å². The van der Waals surface area contributed by atoms with E-state index in [-0.39, 0.29) is 18.3 Å². The monoisotopic (exact) mass is 390 g/mol. The van der Waals surface area contributed by atoms with Crippen molar-refractivity contribution in [2.24, 2.45) is 0 Å². The maximum atomic E-state index is 12.7. The van der Waals surface area contributed by atoms with Gasteiger partial charge in [-0.1, -0.05) is 37.3 Å². The van der Waals surface area contributed by atoms with Gasteiger partial charge in [-0.2, -0.15) is 0 Å². The highest BCUT2D eigenvalue weighted by molar-refractivity contribution is 6.10. The number of hydrogen-bond acceptors (Lipinski definition) is 4. The molecule has 1 aromatic heterocycles. The largest absolute Gasteiger partial charge is 0.454 e. The summed E-state index contributed by atoms with van der Waals surface area (Å²) in [7, 11) is 0. The van der Waals surface area contributed by atoms with Gasteiger partial charge in [0, 0.05) is 35.6 Å². The summed E-state index contributed by atoms with van der Waals surface area (Å²) in [4.78, 5) is 42.2. The van der Waals surface area contributed by atoms with E-state index >= 15 is 0 Å². The van der Waals surface area contributed by atoms with Crippen LogP contribution in [0.25, 0.3) is 10.9 Å². The van der Waals surface area contributed by atoms with Gasteiger partial charge < -0.3 is 14.6 Å². The van der Waals surface area contributed by atoms with Gasteiger partial charge in [0.1, 0.15) is 0 Å². The molecule has 0 unspecified atom stereocenters. The number of carbonyl (C=O) groups excluding carboxylic acids is 3. The number of amides is 1. The first-order valence-corrected chi connectivity index (χ1v) is 9.79. The second kappa shape index (κ2) is 7.91. The van der Waals surface area contributed by atoms with Crippen LogP contribution < -0.4 is 4.90 Å². The van der Waals surface area contributed by atoms with Crippen LogP contribution in [-0.4, -0.2) is 35.8 Å². The zero-order chi connectivity index (χ0) is 20.4. The minimum atomic E-state index is -0.609. The maximum absolute atomic E-state index is 12.7. The number of fused-ring (bicyclic) bond motifs is 1. The van der Waals surface area contributed by atoms with E-state index in [0.29, 0.717) is 29.8 Å². The van der Waals surface area contributed by atoms with Crippen LogP contribution in [0.4, 0.5) is 5.69 Å². The summed E-state index contributed by atoms with van der Waals surface area (Å²) in [5, 5.41) is 0.827. The fourth-order valence-corrected chi connectivity index (χ4v) is 3.81. The van der Waals surface area contributed by atoms with Crippen molar-refractivity contribution in [1.82, 2.24) is 4.98 Å². The molecule has 0 saturated carbocycles. The molecular formula is C23H22N2O4. The number of para-hydroxylation sites is 2. The number of nitrogens with zero attached hydrogens (tertiary/aromatic N) is 1. The average molecular weight is 390 g/mol. The molecule has 0 spiro atoms. The van der Waals surface area contributed by atoms with E-state index in [0.717, 1.165) is 29.3 Å². The molecule has 1 fully saturated rings. The molecule has 0 atom stereocenters. The Morgan fingerprint density at radius 3 is 2.69 bits per heavy atom. The van der Waals surface area contributed by atoms with E-state index in [1.807, 2.05) is 18.2 Å². The Balaban J connectivity index is 1.51. The summed E-state index contributed by atoms with van der Waals surface area (Å²) in [6, 6.07) is 12.7. The number of aromatic amines is 1. The number of ether oxygens (including phenoxy) is 1. The summed E-state index contributed by atoms with van der Waals surface area (Å²) < 4.78 is 5.31. The van der Waals surface area contributed by atoms with Gasteiger partial charge in [0.2, 0.25) is 11.7 Å². The summed E-state index contributed by atoms with van der Waals surface area (Å²) in [6.07, 6.45) is 3.76. The van der Waals surface area contributed by atoms with Crippen molar-refractivity contribution in [2.45, 2.75) is 26.2 Å².